The number of hydrogen-bond acceptors (Lipinski definition) is 3. The Morgan fingerprint density at radius 2 is 2.22 bits per heavy atom. The molecule has 0 amide bonds. The van der Waals surface area contributed by atoms with Crippen molar-refractivity contribution >= 4 is 5.82 Å². The molecule has 2 rings (SSSR count). The summed E-state index contributed by atoms with van der Waals surface area (Å²) in [5.41, 5.74) is 0.00565. The van der Waals surface area contributed by atoms with Crippen molar-refractivity contribution in [2.45, 2.75) is 52.6 Å². The highest BCUT2D eigenvalue weighted by Crippen LogP contribution is 2.32. The van der Waals surface area contributed by atoms with Gasteiger partial charge in [0.05, 0.1) is 0 Å². The third-order valence-electron chi connectivity index (χ3n) is 4.17. The van der Waals surface area contributed by atoms with Gasteiger partial charge in [0.25, 0.3) is 5.56 Å². The number of nitrogens with zero attached hydrogens (tertiary/aromatic N) is 2. The molecule has 1 saturated carbocycles. The third-order valence-corrected chi connectivity index (χ3v) is 4.17. The molecule has 0 radical (unpaired) electrons. The van der Waals surface area contributed by atoms with Crippen molar-refractivity contribution in [1.82, 2.24) is 9.55 Å². The minimum Gasteiger partial charge on any atom is -0.362 e. The van der Waals surface area contributed by atoms with Crippen molar-refractivity contribution in [2.75, 3.05) is 5.32 Å². The zero-order valence-corrected chi connectivity index (χ0v) is 11.5. The van der Waals surface area contributed by atoms with Crippen LogP contribution >= 0.6 is 0 Å². The summed E-state index contributed by atoms with van der Waals surface area (Å²) in [7, 11) is 0. The molecule has 0 aromatic carbocycles. The molecule has 0 spiro atoms. The van der Waals surface area contributed by atoms with Gasteiger partial charge in [0.15, 0.2) is 5.82 Å². The summed E-state index contributed by atoms with van der Waals surface area (Å²) in [6, 6.07) is 0.387. The van der Waals surface area contributed by atoms with Crippen molar-refractivity contribution in [2.24, 2.45) is 11.8 Å². The van der Waals surface area contributed by atoms with Crippen LogP contribution in [0.5, 0.6) is 0 Å². The van der Waals surface area contributed by atoms with E-state index in [1.54, 1.807) is 17.0 Å². The van der Waals surface area contributed by atoms with Gasteiger partial charge >= 0.3 is 0 Å². The summed E-state index contributed by atoms with van der Waals surface area (Å²) < 4.78 is 1.73. The number of anilines is 1. The van der Waals surface area contributed by atoms with E-state index in [-0.39, 0.29) is 5.56 Å². The van der Waals surface area contributed by atoms with E-state index in [2.05, 4.69) is 31.1 Å². The third kappa shape index (κ3) is 2.57. The molecule has 0 aliphatic heterocycles. The largest absolute Gasteiger partial charge is 0.362 e. The standard InChI is InChI=1S/C14H23N3O/c1-4-8-17-9-7-15-13(14(17)18)16-12-6-5-10(2)11(12)3/h7,9-12H,4-6,8H2,1-3H3,(H,15,16). The highest BCUT2D eigenvalue weighted by molar-refractivity contribution is 5.33. The quantitative estimate of drug-likeness (QED) is 0.892. The molecule has 1 heterocycles. The Balaban J connectivity index is 2.15. The van der Waals surface area contributed by atoms with Crippen LogP contribution in [-0.4, -0.2) is 15.6 Å². The van der Waals surface area contributed by atoms with Gasteiger partial charge < -0.3 is 9.88 Å². The number of hydrogen-bond donors (Lipinski definition) is 1. The molecule has 0 saturated heterocycles. The molecule has 1 aromatic rings. The molecular weight excluding hydrogens is 226 g/mol. The SMILES string of the molecule is CCCn1ccnc(NC2CCC(C)C2C)c1=O. The second kappa shape index (κ2) is 5.55. The van der Waals surface area contributed by atoms with Crippen molar-refractivity contribution < 1.29 is 0 Å². The minimum absolute atomic E-state index is 0.00565. The van der Waals surface area contributed by atoms with Crippen LogP contribution in [-0.2, 0) is 6.54 Å². The molecule has 1 aliphatic rings. The maximum absolute atomic E-state index is 12.2. The maximum atomic E-state index is 12.2. The predicted molar refractivity (Wildman–Crippen MR) is 73.8 cm³/mol. The van der Waals surface area contributed by atoms with Gasteiger partial charge in [-0.15, -0.1) is 0 Å². The summed E-state index contributed by atoms with van der Waals surface area (Å²) in [5.74, 6) is 1.84. The number of aromatic nitrogens is 2. The van der Waals surface area contributed by atoms with Gasteiger partial charge in [-0.2, -0.15) is 0 Å². The lowest BCUT2D eigenvalue weighted by atomic mass is 9.98. The first-order valence-electron chi connectivity index (χ1n) is 6.95. The fourth-order valence-electron chi connectivity index (χ4n) is 2.71. The zero-order chi connectivity index (χ0) is 13.1. The van der Waals surface area contributed by atoms with E-state index in [1.807, 2.05) is 0 Å². The fraction of sp³-hybridized carbons (Fsp3) is 0.714. The van der Waals surface area contributed by atoms with Crippen LogP contribution in [0.4, 0.5) is 5.82 Å². The molecule has 1 aromatic heterocycles. The van der Waals surface area contributed by atoms with E-state index >= 15 is 0 Å². The Morgan fingerprint density at radius 1 is 1.44 bits per heavy atom. The molecule has 18 heavy (non-hydrogen) atoms. The number of rotatable bonds is 4. The minimum atomic E-state index is 0.00565. The van der Waals surface area contributed by atoms with Crippen LogP contribution in [0.25, 0.3) is 0 Å². The van der Waals surface area contributed by atoms with Crippen LogP contribution in [0.3, 0.4) is 0 Å². The van der Waals surface area contributed by atoms with E-state index in [4.69, 9.17) is 0 Å². The second-order valence-corrected chi connectivity index (χ2v) is 5.44. The average molecular weight is 249 g/mol. The molecule has 100 valence electrons. The van der Waals surface area contributed by atoms with E-state index in [0.29, 0.717) is 17.8 Å². The number of aryl methyl sites for hydroxylation is 1. The molecule has 4 heteroatoms. The molecular formula is C14H23N3O. The summed E-state index contributed by atoms with van der Waals surface area (Å²) in [4.78, 5) is 16.4. The Kier molecular flexibility index (Phi) is 4.04. The Labute approximate surface area is 108 Å². The monoisotopic (exact) mass is 249 g/mol. The van der Waals surface area contributed by atoms with E-state index in [1.165, 1.54) is 6.42 Å². The molecule has 4 nitrogen and oxygen atoms in total. The van der Waals surface area contributed by atoms with Crippen LogP contribution in [0.2, 0.25) is 0 Å². The molecule has 0 bridgehead atoms. The summed E-state index contributed by atoms with van der Waals surface area (Å²) in [5, 5.41) is 3.34. The van der Waals surface area contributed by atoms with Gasteiger partial charge in [-0.25, -0.2) is 4.98 Å². The average Bonchev–Trinajstić information content (AvgIpc) is 2.66. The smallest absolute Gasteiger partial charge is 0.293 e. The molecule has 1 aliphatic carbocycles. The first-order chi connectivity index (χ1) is 8.63. The molecule has 1 N–H and O–H groups in total. The first kappa shape index (κ1) is 13.1. The van der Waals surface area contributed by atoms with Crippen molar-refractivity contribution in [3.05, 3.63) is 22.7 Å². The Morgan fingerprint density at radius 3 is 2.83 bits per heavy atom. The van der Waals surface area contributed by atoms with Gasteiger partial charge in [0, 0.05) is 25.0 Å². The van der Waals surface area contributed by atoms with Crippen LogP contribution < -0.4 is 10.9 Å². The molecule has 3 atom stereocenters. The van der Waals surface area contributed by atoms with Gasteiger partial charge in [-0.3, -0.25) is 4.79 Å². The normalized spacial score (nSPS) is 27.4. The van der Waals surface area contributed by atoms with Crippen molar-refractivity contribution in [1.29, 1.82) is 0 Å². The first-order valence-corrected chi connectivity index (χ1v) is 6.95. The van der Waals surface area contributed by atoms with E-state index < -0.39 is 0 Å². The topological polar surface area (TPSA) is 46.9 Å². The van der Waals surface area contributed by atoms with E-state index in [0.717, 1.165) is 25.3 Å². The van der Waals surface area contributed by atoms with Crippen molar-refractivity contribution in [3.8, 4) is 0 Å². The fourth-order valence-corrected chi connectivity index (χ4v) is 2.71. The van der Waals surface area contributed by atoms with Crippen LogP contribution in [0.1, 0.15) is 40.0 Å². The molecule has 3 unspecified atom stereocenters. The Bertz CT molecular complexity index is 455. The zero-order valence-electron chi connectivity index (χ0n) is 11.5. The van der Waals surface area contributed by atoms with Gasteiger partial charge in [-0.05, 0) is 31.1 Å². The van der Waals surface area contributed by atoms with Gasteiger partial charge in [0.2, 0.25) is 0 Å². The van der Waals surface area contributed by atoms with Crippen LogP contribution in [0, 0.1) is 11.8 Å². The number of nitrogens with one attached hydrogen (secondary N) is 1. The van der Waals surface area contributed by atoms with Crippen molar-refractivity contribution in [3.63, 3.8) is 0 Å². The van der Waals surface area contributed by atoms with Crippen LogP contribution in [0.15, 0.2) is 17.2 Å². The highest BCUT2D eigenvalue weighted by atomic mass is 16.1. The summed E-state index contributed by atoms with van der Waals surface area (Å²) >= 11 is 0. The van der Waals surface area contributed by atoms with Gasteiger partial charge in [-0.1, -0.05) is 20.8 Å². The maximum Gasteiger partial charge on any atom is 0.293 e. The predicted octanol–water partition coefficient (Wildman–Crippen LogP) is 2.50. The van der Waals surface area contributed by atoms with Gasteiger partial charge in [0.1, 0.15) is 0 Å². The highest BCUT2D eigenvalue weighted by Gasteiger charge is 2.30. The summed E-state index contributed by atoms with van der Waals surface area (Å²) in [6.45, 7) is 7.36. The lowest BCUT2D eigenvalue weighted by Crippen LogP contribution is -2.31. The lowest BCUT2D eigenvalue weighted by molar-refractivity contribution is 0.434. The van der Waals surface area contributed by atoms with E-state index in [9.17, 15) is 4.79 Å². The summed E-state index contributed by atoms with van der Waals surface area (Å²) in [6.07, 6.45) is 6.79. The lowest BCUT2D eigenvalue weighted by Gasteiger charge is -2.20. The second-order valence-electron chi connectivity index (χ2n) is 5.44. The molecule has 1 fully saturated rings. The Hall–Kier alpha value is -1.32.